The van der Waals surface area contributed by atoms with Crippen molar-refractivity contribution >= 4 is 5.97 Å². The van der Waals surface area contributed by atoms with Crippen LogP contribution >= 0.6 is 0 Å². The highest BCUT2D eigenvalue weighted by Gasteiger charge is 2.19. The van der Waals surface area contributed by atoms with Gasteiger partial charge in [-0.15, -0.1) is 0 Å². The minimum absolute atomic E-state index is 0.183. The van der Waals surface area contributed by atoms with Crippen molar-refractivity contribution in [3.05, 3.63) is 27.4 Å². The van der Waals surface area contributed by atoms with Crippen molar-refractivity contribution in [3.63, 3.8) is 0 Å². The summed E-state index contributed by atoms with van der Waals surface area (Å²) < 4.78 is 1.23. The summed E-state index contributed by atoms with van der Waals surface area (Å²) in [5.41, 5.74) is 1.36. The van der Waals surface area contributed by atoms with E-state index in [4.69, 9.17) is 5.11 Å². The van der Waals surface area contributed by atoms with Gasteiger partial charge in [0.25, 0.3) is 5.56 Å². The van der Waals surface area contributed by atoms with Gasteiger partial charge in [-0.1, -0.05) is 0 Å². The van der Waals surface area contributed by atoms with Gasteiger partial charge in [0.05, 0.1) is 5.69 Å². The number of carboxylic acid groups (broad SMARTS) is 1. The number of aliphatic carboxylic acids is 1. The number of carboxylic acids is 1. The van der Waals surface area contributed by atoms with Gasteiger partial charge in [0, 0.05) is 5.56 Å². The number of hydrogen-bond acceptors (Lipinski definition) is 3. The van der Waals surface area contributed by atoms with Gasteiger partial charge in [-0.2, -0.15) is 0 Å². The summed E-state index contributed by atoms with van der Waals surface area (Å²) in [7, 11) is 0. The maximum absolute atomic E-state index is 11.9. The molecule has 1 heterocycles. The fourth-order valence-corrected chi connectivity index (χ4v) is 1.97. The van der Waals surface area contributed by atoms with Gasteiger partial charge in [-0.05, 0) is 26.2 Å². The first-order chi connectivity index (χ1) is 7.09. The minimum atomic E-state index is -1.01. The maximum atomic E-state index is 11.9. The minimum Gasteiger partial charge on any atom is -0.480 e. The van der Waals surface area contributed by atoms with E-state index in [2.05, 4.69) is 4.98 Å². The zero-order chi connectivity index (χ0) is 11.0. The Labute approximate surface area is 86.4 Å². The third kappa shape index (κ3) is 1.65. The molecule has 0 saturated carbocycles. The second-order valence-electron chi connectivity index (χ2n) is 3.72. The molecule has 1 aromatic rings. The number of aryl methyl sites for hydroxylation is 2. The average Bonchev–Trinajstić information content (AvgIpc) is 2.59. The summed E-state index contributed by atoms with van der Waals surface area (Å²) in [6, 6.07) is 0. The van der Waals surface area contributed by atoms with Crippen LogP contribution in [0.15, 0.2) is 4.79 Å². The Balaban J connectivity index is 2.56. The van der Waals surface area contributed by atoms with E-state index in [9.17, 15) is 9.59 Å². The van der Waals surface area contributed by atoms with Crippen LogP contribution in [-0.4, -0.2) is 20.6 Å². The molecule has 0 aliphatic heterocycles. The van der Waals surface area contributed by atoms with Crippen LogP contribution < -0.4 is 5.56 Å². The van der Waals surface area contributed by atoms with E-state index in [1.54, 1.807) is 6.92 Å². The predicted molar refractivity (Wildman–Crippen MR) is 52.9 cm³/mol. The number of fused-ring (bicyclic) bond motifs is 1. The summed E-state index contributed by atoms with van der Waals surface area (Å²) in [4.78, 5) is 26.7. The van der Waals surface area contributed by atoms with Gasteiger partial charge in [0.1, 0.15) is 12.4 Å². The second-order valence-corrected chi connectivity index (χ2v) is 3.72. The lowest BCUT2D eigenvalue weighted by molar-refractivity contribution is -0.137. The van der Waals surface area contributed by atoms with Gasteiger partial charge in [0.15, 0.2) is 0 Å². The lowest BCUT2D eigenvalue weighted by atomic mass is 10.2. The van der Waals surface area contributed by atoms with E-state index in [0.717, 1.165) is 25.0 Å². The Bertz CT molecular complexity index is 476. The highest BCUT2D eigenvalue weighted by molar-refractivity contribution is 5.66. The zero-order valence-electron chi connectivity index (χ0n) is 8.49. The van der Waals surface area contributed by atoms with Crippen LogP contribution in [0.5, 0.6) is 0 Å². The molecule has 5 nitrogen and oxygen atoms in total. The Morgan fingerprint density at radius 1 is 1.53 bits per heavy atom. The van der Waals surface area contributed by atoms with E-state index >= 15 is 0 Å². The highest BCUT2D eigenvalue weighted by Crippen LogP contribution is 2.16. The van der Waals surface area contributed by atoms with Crippen LogP contribution in [0.4, 0.5) is 0 Å². The van der Waals surface area contributed by atoms with E-state index in [1.807, 2.05) is 0 Å². The number of nitrogens with zero attached hydrogens (tertiary/aromatic N) is 2. The number of aromatic nitrogens is 2. The fraction of sp³-hybridized carbons (Fsp3) is 0.500. The largest absolute Gasteiger partial charge is 0.480 e. The quantitative estimate of drug-likeness (QED) is 0.749. The summed E-state index contributed by atoms with van der Waals surface area (Å²) in [6.07, 6.45) is 2.49. The smallest absolute Gasteiger partial charge is 0.323 e. The normalized spacial score (nSPS) is 13.9. The molecular formula is C10H12N2O3. The van der Waals surface area contributed by atoms with Crippen LogP contribution in [0.2, 0.25) is 0 Å². The van der Waals surface area contributed by atoms with Crippen LogP contribution in [0.25, 0.3) is 0 Å². The standard InChI is InChI=1S/C10H12N2O3/c1-6-11-8-4-2-3-7(8)10(15)12(6)5-9(13)14/h2-5H2,1H3,(H,13,14). The van der Waals surface area contributed by atoms with Crippen molar-refractivity contribution in [3.8, 4) is 0 Å². The molecule has 15 heavy (non-hydrogen) atoms. The molecule has 0 aromatic carbocycles. The molecular weight excluding hydrogens is 196 g/mol. The molecule has 80 valence electrons. The van der Waals surface area contributed by atoms with Crippen LogP contribution in [0.3, 0.4) is 0 Å². The highest BCUT2D eigenvalue weighted by atomic mass is 16.4. The Morgan fingerprint density at radius 2 is 2.27 bits per heavy atom. The molecule has 0 spiro atoms. The van der Waals surface area contributed by atoms with Gasteiger partial charge in [-0.3, -0.25) is 14.2 Å². The maximum Gasteiger partial charge on any atom is 0.323 e. The Hall–Kier alpha value is -1.65. The molecule has 1 aromatic heterocycles. The van der Waals surface area contributed by atoms with Gasteiger partial charge < -0.3 is 5.11 Å². The van der Waals surface area contributed by atoms with Crippen molar-refractivity contribution in [2.45, 2.75) is 32.7 Å². The third-order valence-corrected chi connectivity index (χ3v) is 2.67. The van der Waals surface area contributed by atoms with E-state index in [-0.39, 0.29) is 12.1 Å². The van der Waals surface area contributed by atoms with Crippen molar-refractivity contribution in [2.75, 3.05) is 0 Å². The molecule has 0 bridgehead atoms. The molecule has 2 rings (SSSR count). The Morgan fingerprint density at radius 3 is 2.93 bits per heavy atom. The second kappa shape index (κ2) is 3.49. The van der Waals surface area contributed by atoms with Crippen molar-refractivity contribution in [2.24, 2.45) is 0 Å². The fourth-order valence-electron chi connectivity index (χ4n) is 1.97. The first-order valence-electron chi connectivity index (χ1n) is 4.90. The Kier molecular flexibility index (Phi) is 2.30. The number of rotatable bonds is 2. The van der Waals surface area contributed by atoms with Crippen molar-refractivity contribution in [1.82, 2.24) is 9.55 Å². The third-order valence-electron chi connectivity index (χ3n) is 2.67. The number of carbonyl (C=O) groups is 1. The average molecular weight is 208 g/mol. The molecule has 1 aliphatic rings. The van der Waals surface area contributed by atoms with Gasteiger partial charge in [0.2, 0.25) is 0 Å². The molecule has 0 saturated heterocycles. The van der Waals surface area contributed by atoms with E-state index in [1.165, 1.54) is 4.57 Å². The SMILES string of the molecule is Cc1nc2c(c(=O)n1CC(=O)O)CCC2. The summed E-state index contributed by atoms with van der Waals surface area (Å²) >= 11 is 0. The first kappa shape index (κ1) is 9.89. The van der Waals surface area contributed by atoms with Crippen molar-refractivity contribution < 1.29 is 9.90 Å². The monoisotopic (exact) mass is 208 g/mol. The molecule has 1 N–H and O–H groups in total. The summed E-state index contributed by atoms with van der Waals surface area (Å²) in [6.45, 7) is 1.37. The predicted octanol–water partition coefficient (Wildman–Crippen LogP) is 0.125. The van der Waals surface area contributed by atoms with Gasteiger partial charge in [-0.25, -0.2) is 4.98 Å². The van der Waals surface area contributed by atoms with Crippen LogP contribution in [0, 0.1) is 6.92 Å². The van der Waals surface area contributed by atoms with Crippen LogP contribution in [0.1, 0.15) is 23.5 Å². The molecule has 0 amide bonds. The molecule has 5 heteroatoms. The molecule has 0 fully saturated rings. The van der Waals surface area contributed by atoms with E-state index in [0.29, 0.717) is 11.4 Å². The topological polar surface area (TPSA) is 72.2 Å². The molecule has 0 atom stereocenters. The summed E-state index contributed by atoms with van der Waals surface area (Å²) in [5.74, 6) is -0.525. The van der Waals surface area contributed by atoms with Gasteiger partial charge >= 0.3 is 5.97 Å². The zero-order valence-corrected chi connectivity index (χ0v) is 8.49. The number of hydrogen-bond donors (Lipinski definition) is 1. The van der Waals surface area contributed by atoms with Crippen LogP contribution in [-0.2, 0) is 24.2 Å². The molecule has 0 unspecified atom stereocenters. The van der Waals surface area contributed by atoms with Crippen molar-refractivity contribution in [1.29, 1.82) is 0 Å². The molecule has 0 radical (unpaired) electrons. The lowest BCUT2D eigenvalue weighted by Gasteiger charge is -2.08. The first-order valence-corrected chi connectivity index (χ1v) is 4.90. The van der Waals surface area contributed by atoms with E-state index < -0.39 is 5.97 Å². The summed E-state index contributed by atoms with van der Waals surface area (Å²) in [5, 5.41) is 8.68. The molecule has 1 aliphatic carbocycles. The lowest BCUT2D eigenvalue weighted by Crippen LogP contribution is -2.30.